The van der Waals surface area contributed by atoms with Crippen molar-refractivity contribution in [3.8, 4) is 11.5 Å². The maximum absolute atomic E-state index is 9.83. The van der Waals surface area contributed by atoms with Crippen molar-refractivity contribution in [3.05, 3.63) is 53.3 Å². The summed E-state index contributed by atoms with van der Waals surface area (Å²) in [7, 11) is 1.58. The van der Waals surface area contributed by atoms with Gasteiger partial charge in [0.25, 0.3) is 0 Å². The van der Waals surface area contributed by atoms with Crippen LogP contribution in [0, 0.1) is 6.92 Å². The third kappa shape index (κ3) is 3.69. The van der Waals surface area contributed by atoms with Gasteiger partial charge >= 0.3 is 0 Å². The van der Waals surface area contributed by atoms with E-state index in [0.29, 0.717) is 18.8 Å². The second kappa shape index (κ2) is 6.20. The van der Waals surface area contributed by atoms with Crippen molar-refractivity contribution in [2.45, 2.75) is 20.0 Å². The normalized spacial score (nSPS) is 10.4. The van der Waals surface area contributed by atoms with Gasteiger partial charge in [0, 0.05) is 30.4 Å². The molecule has 0 aliphatic heterocycles. The number of ether oxygens (including phenoxy) is 1. The molecule has 2 rings (SSSR count). The van der Waals surface area contributed by atoms with Crippen LogP contribution < -0.4 is 10.1 Å². The summed E-state index contributed by atoms with van der Waals surface area (Å²) in [6.07, 6.45) is 0. The Morgan fingerprint density at radius 2 is 2.05 bits per heavy atom. The summed E-state index contributed by atoms with van der Waals surface area (Å²) < 4.78 is 5.05. The molecule has 0 atom stereocenters. The lowest BCUT2D eigenvalue weighted by molar-refractivity contribution is 0.406. The Morgan fingerprint density at radius 3 is 2.74 bits per heavy atom. The summed E-state index contributed by atoms with van der Waals surface area (Å²) in [6.45, 7) is 3.23. The van der Waals surface area contributed by atoms with Gasteiger partial charge in [-0.05, 0) is 25.1 Å². The zero-order valence-corrected chi connectivity index (χ0v) is 11.2. The Morgan fingerprint density at radius 1 is 1.21 bits per heavy atom. The Hall–Kier alpha value is -2.07. The van der Waals surface area contributed by atoms with E-state index in [1.807, 2.05) is 37.3 Å². The first kappa shape index (κ1) is 13.4. The zero-order valence-electron chi connectivity index (χ0n) is 11.2. The number of phenols is 1. The van der Waals surface area contributed by atoms with Gasteiger partial charge in [-0.3, -0.25) is 4.98 Å². The molecule has 2 aromatic rings. The van der Waals surface area contributed by atoms with Gasteiger partial charge in [0.1, 0.15) is 11.5 Å². The minimum atomic E-state index is 0.240. The summed E-state index contributed by atoms with van der Waals surface area (Å²) in [6, 6.07) is 11.2. The van der Waals surface area contributed by atoms with Crippen LogP contribution in [0.2, 0.25) is 0 Å². The first-order valence-electron chi connectivity index (χ1n) is 6.18. The number of benzene rings is 1. The first-order valence-corrected chi connectivity index (χ1v) is 6.18. The molecule has 0 saturated carbocycles. The second-order valence-electron chi connectivity index (χ2n) is 4.37. The number of aryl methyl sites for hydroxylation is 1. The molecule has 0 aliphatic carbocycles. The molecular weight excluding hydrogens is 240 g/mol. The molecule has 0 unspecified atom stereocenters. The van der Waals surface area contributed by atoms with Crippen molar-refractivity contribution in [2.75, 3.05) is 7.11 Å². The molecular formula is C15H18N2O2. The number of hydrogen-bond acceptors (Lipinski definition) is 4. The van der Waals surface area contributed by atoms with Crippen molar-refractivity contribution in [1.82, 2.24) is 10.3 Å². The van der Waals surface area contributed by atoms with Crippen LogP contribution >= 0.6 is 0 Å². The topological polar surface area (TPSA) is 54.4 Å². The van der Waals surface area contributed by atoms with Crippen LogP contribution in [0.5, 0.6) is 11.5 Å². The van der Waals surface area contributed by atoms with Crippen molar-refractivity contribution in [1.29, 1.82) is 0 Å². The van der Waals surface area contributed by atoms with Gasteiger partial charge in [-0.2, -0.15) is 0 Å². The Bertz CT molecular complexity index is 556. The van der Waals surface area contributed by atoms with Crippen LogP contribution in [0.4, 0.5) is 0 Å². The molecule has 19 heavy (non-hydrogen) atoms. The number of pyridine rings is 1. The molecule has 1 aromatic heterocycles. The minimum Gasteiger partial charge on any atom is -0.507 e. The van der Waals surface area contributed by atoms with Crippen LogP contribution in [0.3, 0.4) is 0 Å². The van der Waals surface area contributed by atoms with E-state index >= 15 is 0 Å². The highest BCUT2D eigenvalue weighted by Gasteiger charge is 2.03. The molecule has 0 aliphatic rings. The van der Waals surface area contributed by atoms with E-state index in [0.717, 1.165) is 17.0 Å². The molecule has 100 valence electrons. The molecule has 1 aromatic carbocycles. The summed E-state index contributed by atoms with van der Waals surface area (Å²) in [4.78, 5) is 4.41. The fourth-order valence-corrected chi connectivity index (χ4v) is 1.84. The lowest BCUT2D eigenvalue weighted by Crippen LogP contribution is -2.14. The molecule has 0 fully saturated rings. The van der Waals surface area contributed by atoms with Gasteiger partial charge in [-0.15, -0.1) is 0 Å². The van der Waals surface area contributed by atoms with Crippen LogP contribution in [0.25, 0.3) is 0 Å². The first-order chi connectivity index (χ1) is 9.19. The lowest BCUT2D eigenvalue weighted by atomic mass is 10.2. The molecule has 4 heteroatoms. The van der Waals surface area contributed by atoms with Crippen LogP contribution in [-0.2, 0) is 13.1 Å². The molecule has 4 nitrogen and oxygen atoms in total. The quantitative estimate of drug-likeness (QED) is 0.864. The number of nitrogens with zero attached hydrogens (tertiary/aromatic N) is 1. The molecule has 0 bridgehead atoms. The average molecular weight is 258 g/mol. The summed E-state index contributed by atoms with van der Waals surface area (Å²) in [5.41, 5.74) is 2.84. The van der Waals surface area contributed by atoms with Crippen LogP contribution in [0.1, 0.15) is 17.0 Å². The standard InChI is InChI=1S/C15H18N2O2/c1-11-4-3-5-13(17-11)10-16-9-12-6-7-14(19-2)8-15(12)18/h3-8,16,18H,9-10H2,1-2H3. The SMILES string of the molecule is COc1ccc(CNCc2cccc(C)n2)c(O)c1. The molecule has 2 N–H and O–H groups in total. The highest BCUT2D eigenvalue weighted by Crippen LogP contribution is 2.23. The van der Waals surface area contributed by atoms with Crippen molar-refractivity contribution < 1.29 is 9.84 Å². The largest absolute Gasteiger partial charge is 0.507 e. The minimum absolute atomic E-state index is 0.240. The van der Waals surface area contributed by atoms with E-state index < -0.39 is 0 Å². The maximum atomic E-state index is 9.83. The molecule has 0 radical (unpaired) electrons. The fourth-order valence-electron chi connectivity index (χ4n) is 1.84. The van der Waals surface area contributed by atoms with E-state index in [9.17, 15) is 5.11 Å². The smallest absolute Gasteiger partial charge is 0.123 e. The van der Waals surface area contributed by atoms with Gasteiger partial charge in [0.2, 0.25) is 0 Å². The van der Waals surface area contributed by atoms with Gasteiger partial charge in [0.05, 0.1) is 12.8 Å². The van der Waals surface area contributed by atoms with Gasteiger partial charge in [-0.25, -0.2) is 0 Å². The van der Waals surface area contributed by atoms with Gasteiger partial charge in [-0.1, -0.05) is 12.1 Å². The highest BCUT2D eigenvalue weighted by molar-refractivity contribution is 5.39. The number of aromatic nitrogens is 1. The molecule has 0 spiro atoms. The van der Waals surface area contributed by atoms with Crippen molar-refractivity contribution >= 4 is 0 Å². The Balaban J connectivity index is 1.92. The molecule has 0 saturated heterocycles. The van der Waals surface area contributed by atoms with Gasteiger partial charge < -0.3 is 15.2 Å². The van der Waals surface area contributed by atoms with Crippen molar-refractivity contribution in [2.24, 2.45) is 0 Å². The Kier molecular flexibility index (Phi) is 4.36. The highest BCUT2D eigenvalue weighted by atomic mass is 16.5. The van der Waals surface area contributed by atoms with E-state index in [4.69, 9.17) is 4.74 Å². The maximum Gasteiger partial charge on any atom is 0.123 e. The Labute approximate surface area is 113 Å². The zero-order chi connectivity index (χ0) is 13.7. The molecule has 1 heterocycles. The number of nitrogens with one attached hydrogen (secondary N) is 1. The second-order valence-corrected chi connectivity index (χ2v) is 4.37. The number of rotatable bonds is 5. The van der Waals surface area contributed by atoms with Crippen LogP contribution in [-0.4, -0.2) is 17.2 Å². The third-order valence-corrected chi connectivity index (χ3v) is 2.86. The molecule has 0 amide bonds. The van der Waals surface area contributed by atoms with Crippen LogP contribution in [0.15, 0.2) is 36.4 Å². The monoisotopic (exact) mass is 258 g/mol. The number of aromatic hydroxyl groups is 1. The number of hydrogen-bond donors (Lipinski definition) is 2. The lowest BCUT2D eigenvalue weighted by Gasteiger charge is -2.08. The van der Waals surface area contributed by atoms with Gasteiger partial charge in [0.15, 0.2) is 0 Å². The van der Waals surface area contributed by atoms with E-state index in [1.165, 1.54) is 0 Å². The van der Waals surface area contributed by atoms with E-state index in [1.54, 1.807) is 13.2 Å². The summed E-state index contributed by atoms with van der Waals surface area (Å²) in [5, 5.41) is 13.1. The summed E-state index contributed by atoms with van der Waals surface area (Å²) >= 11 is 0. The fraction of sp³-hybridized carbons (Fsp3) is 0.267. The van der Waals surface area contributed by atoms with E-state index in [-0.39, 0.29) is 5.75 Å². The number of methoxy groups -OCH3 is 1. The van der Waals surface area contributed by atoms with Crippen molar-refractivity contribution in [3.63, 3.8) is 0 Å². The summed E-state index contributed by atoms with van der Waals surface area (Å²) in [5.74, 6) is 0.894. The number of phenolic OH excluding ortho intramolecular Hbond substituents is 1. The third-order valence-electron chi connectivity index (χ3n) is 2.86. The predicted molar refractivity (Wildman–Crippen MR) is 74.2 cm³/mol. The van der Waals surface area contributed by atoms with E-state index in [2.05, 4.69) is 10.3 Å². The predicted octanol–water partition coefficient (Wildman–Crippen LogP) is 2.39. The average Bonchev–Trinajstić information content (AvgIpc) is 2.40.